The van der Waals surface area contributed by atoms with Crippen LogP contribution in [-0.4, -0.2) is 21.7 Å². The fraction of sp³-hybridized carbons (Fsp3) is 0.333. The lowest BCUT2D eigenvalue weighted by molar-refractivity contribution is 0.256. The molecule has 0 aliphatic heterocycles. The van der Waals surface area contributed by atoms with Crippen molar-refractivity contribution in [1.29, 1.82) is 0 Å². The van der Waals surface area contributed by atoms with Gasteiger partial charge in [-0.05, 0) is 30.2 Å². The minimum atomic E-state index is -0.0720. The van der Waals surface area contributed by atoms with Crippen molar-refractivity contribution in [2.24, 2.45) is 5.92 Å². The first-order valence-corrected chi connectivity index (χ1v) is 6.43. The van der Waals surface area contributed by atoms with Crippen LogP contribution in [-0.2, 0) is 0 Å². The van der Waals surface area contributed by atoms with Crippen molar-refractivity contribution in [3.63, 3.8) is 0 Å². The van der Waals surface area contributed by atoms with Crippen molar-refractivity contribution in [1.82, 2.24) is 9.97 Å². The van der Waals surface area contributed by atoms with Gasteiger partial charge in [0.25, 0.3) is 0 Å². The highest BCUT2D eigenvalue weighted by molar-refractivity contribution is 5.59. The molecule has 0 spiro atoms. The van der Waals surface area contributed by atoms with E-state index < -0.39 is 0 Å². The molecule has 0 aliphatic rings. The minimum absolute atomic E-state index is 0.0720. The number of aromatic hydroxyl groups is 1. The van der Waals surface area contributed by atoms with Crippen LogP contribution in [0.1, 0.15) is 20.3 Å². The Kier molecular flexibility index (Phi) is 4.34. The Labute approximate surface area is 113 Å². The van der Waals surface area contributed by atoms with E-state index in [-0.39, 0.29) is 5.88 Å². The monoisotopic (exact) mass is 258 g/mol. The predicted molar refractivity (Wildman–Crippen MR) is 74.1 cm³/mol. The van der Waals surface area contributed by atoms with E-state index in [1.807, 2.05) is 24.3 Å². The zero-order valence-electron chi connectivity index (χ0n) is 11.2. The third kappa shape index (κ3) is 3.68. The molecule has 2 rings (SSSR count). The highest BCUT2D eigenvalue weighted by atomic mass is 16.5. The minimum Gasteiger partial charge on any atom is -0.493 e. The molecule has 1 aromatic heterocycles. The second-order valence-electron chi connectivity index (χ2n) is 4.61. The number of ether oxygens (including phenoxy) is 1. The van der Waals surface area contributed by atoms with Gasteiger partial charge in [0.15, 0.2) is 0 Å². The van der Waals surface area contributed by atoms with E-state index >= 15 is 0 Å². The number of aromatic nitrogens is 2. The molecule has 1 N–H and O–H groups in total. The van der Waals surface area contributed by atoms with Crippen LogP contribution < -0.4 is 4.74 Å². The molecule has 0 aliphatic carbocycles. The summed E-state index contributed by atoms with van der Waals surface area (Å²) in [5.74, 6) is 1.34. The standard InChI is InChI=1S/C15H18N2O2/c1-3-11(2)10-19-13-6-4-12(5-7-13)14-8-17-15(18)9-16-14/h4-9,11H,3,10H2,1-2H3,(H,17,18). The molecule has 1 aromatic carbocycles. The zero-order chi connectivity index (χ0) is 13.7. The molecule has 1 unspecified atom stereocenters. The molecule has 1 atom stereocenters. The number of hydrogen-bond acceptors (Lipinski definition) is 4. The maximum atomic E-state index is 9.10. The predicted octanol–water partition coefficient (Wildman–Crippen LogP) is 3.27. The number of benzene rings is 1. The van der Waals surface area contributed by atoms with Crippen LogP contribution in [0.25, 0.3) is 11.3 Å². The molecule has 0 bridgehead atoms. The van der Waals surface area contributed by atoms with Crippen LogP contribution >= 0.6 is 0 Å². The Bertz CT molecular complexity index is 509. The maximum Gasteiger partial charge on any atom is 0.229 e. The topological polar surface area (TPSA) is 55.2 Å². The van der Waals surface area contributed by atoms with Crippen molar-refractivity contribution in [2.45, 2.75) is 20.3 Å². The average Bonchev–Trinajstić information content (AvgIpc) is 2.46. The molecule has 19 heavy (non-hydrogen) atoms. The van der Waals surface area contributed by atoms with Crippen molar-refractivity contribution >= 4 is 0 Å². The van der Waals surface area contributed by atoms with E-state index in [1.54, 1.807) is 6.20 Å². The Balaban J connectivity index is 2.04. The Morgan fingerprint density at radius 3 is 2.47 bits per heavy atom. The summed E-state index contributed by atoms with van der Waals surface area (Å²) in [7, 11) is 0. The molecule has 100 valence electrons. The molecule has 0 amide bonds. The van der Waals surface area contributed by atoms with E-state index in [4.69, 9.17) is 9.84 Å². The smallest absolute Gasteiger partial charge is 0.229 e. The van der Waals surface area contributed by atoms with E-state index in [1.165, 1.54) is 6.20 Å². The summed E-state index contributed by atoms with van der Waals surface area (Å²) in [5.41, 5.74) is 1.68. The van der Waals surface area contributed by atoms with E-state index in [0.717, 1.165) is 30.0 Å². The van der Waals surface area contributed by atoms with Gasteiger partial charge in [-0.3, -0.25) is 0 Å². The van der Waals surface area contributed by atoms with Crippen LogP contribution in [0.3, 0.4) is 0 Å². The molecule has 4 nitrogen and oxygen atoms in total. The zero-order valence-corrected chi connectivity index (χ0v) is 11.2. The molecule has 1 heterocycles. The van der Waals surface area contributed by atoms with Crippen molar-refractivity contribution in [3.8, 4) is 22.9 Å². The Morgan fingerprint density at radius 2 is 1.89 bits per heavy atom. The van der Waals surface area contributed by atoms with Gasteiger partial charge in [0.05, 0.1) is 24.7 Å². The van der Waals surface area contributed by atoms with E-state index in [2.05, 4.69) is 23.8 Å². The van der Waals surface area contributed by atoms with Crippen LogP contribution in [0.2, 0.25) is 0 Å². The van der Waals surface area contributed by atoms with Crippen LogP contribution in [0.5, 0.6) is 11.6 Å². The van der Waals surface area contributed by atoms with Gasteiger partial charge in [-0.15, -0.1) is 0 Å². The molecule has 0 saturated carbocycles. The first-order valence-electron chi connectivity index (χ1n) is 6.43. The van der Waals surface area contributed by atoms with Gasteiger partial charge in [0.1, 0.15) is 5.75 Å². The van der Waals surface area contributed by atoms with Crippen molar-refractivity contribution in [3.05, 3.63) is 36.7 Å². The lowest BCUT2D eigenvalue weighted by Crippen LogP contribution is -2.06. The SMILES string of the molecule is CCC(C)COc1ccc(-c2cnc(O)cn2)cc1. The van der Waals surface area contributed by atoms with Crippen molar-refractivity contribution in [2.75, 3.05) is 6.61 Å². The van der Waals surface area contributed by atoms with Gasteiger partial charge in [0.2, 0.25) is 5.88 Å². The summed E-state index contributed by atoms with van der Waals surface area (Å²) in [6.45, 7) is 5.05. The number of hydrogen-bond donors (Lipinski definition) is 1. The van der Waals surface area contributed by atoms with Crippen LogP contribution in [0.4, 0.5) is 0 Å². The largest absolute Gasteiger partial charge is 0.493 e. The van der Waals surface area contributed by atoms with Crippen LogP contribution in [0.15, 0.2) is 36.7 Å². The molecule has 0 radical (unpaired) electrons. The Morgan fingerprint density at radius 1 is 1.16 bits per heavy atom. The maximum absolute atomic E-state index is 9.10. The van der Waals surface area contributed by atoms with Gasteiger partial charge in [0, 0.05) is 5.56 Å². The van der Waals surface area contributed by atoms with Crippen LogP contribution in [0, 0.1) is 5.92 Å². The normalized spacial score (nSPS) is 12.1. The molecule has 4 heteroatoms. The summed E-state index contributed by atoms with van der Waals surface area (Å²) in [5, 5.41) is 9.10. The highest BCUT2D eigenvalue weighted by Crippen LogP contribution is 2.21. The fourth-order valence-corrected chi connectivity index (χ4v) is 1.55. The number of nitrogens with zero attached hydrogens (tertiary/aromatic N) is 2. The van der Waals surface area contributed by atoms with E-state index in [9.17, 15) is 0 Å². The van der Waals surface area contributed by atoms with Gasteiger partial charge in [-0.2, -0.15) is 0 Å². The quantitative estimate of drug-likeness (QED) is 0.894. The summed E-state index contributed by atoms with van der Waals surface area (Å²) in [6.07, 6.45) is 3.99. The van der Waals surface area contributed by atoms with Crippen molar-refractivity contribution < 1.29 is 9.84 Å². The summed E-state index contributed by atoms with van der Waals surface area (Å²) < 4.78 is 5.69. The Hall–Kier alpha value is -2.10. The molecule has 0 fully saturated rings. The lowest BCUT2D eigenvalue weighted by atomic mass is 10.1. The van der Waals surface area contributed by atoms with Gasteiger partial charge < -0.3 is 9.84 Å². The second kappa shape index (κ2) is 6.18. The van der Waals surface area contributed by atoms with Gasteiger partial charge >= 0.3 is 0 Å². The summed E-state index contributed by atoms with van der Waals surface area (Å²) >= 11 is 0. The van der Waals surface area contributed by atoms with Gasteiger partial charge in [-0.25, -0.2) is 9.97 Å². The molecular formula is C15H18N2O2. The third-order valence-corrected chi connectivity index (χ3v) is 3.02. The first kappa shape index (κ1) is 13.3. The summed E-state index contributed by atoms with van der Waals surface area (Å²) in [4.78, 5) is 7.92. The first-order chi connectivity index (χ1) is 9.19. The molecular weight excluding hydrogens is 240 g/mol. The average molecular weight is 258 g/mol. The summed E-state index contributed by atoms with van der Waals surface area (Å²) in [6, 6.07) is 7.72. The second-order valence-corrected chi connectivity index (χ2v) is 4.61. The number of rotatable bonds is 5. The fourth-order valence-electron chi connectivity index (χ4n) is 1.55. The highest BCUT2D eigenvalue weighted by Gasteiger charge is 2.03. The van der Waals surface area contributed by atoms with Gasteiger partial charge in [-0.1, -0.05) is 20.3 Å². The third-order valence-electron chi connectivity index (χ3n) is 3.02. The molecule has 0 saturated heterocycles. The molecule has 2 aromatic rings. The van der Waals surface area contributed by atoms with E-state index in [0.29, 0.717) is 5.92 Å². The lowest BCUT2D eigenvalue weighted by Gasteiger charge is -2.11.